The predicted octanol–water partition coefficient (Wildman–Crippen LogP) is 2.62. The summed E-state index contributed by atoms with van der Waals surface area (Å²) in [7, 11) is 0. The average Bonchev–Trinajstić information content (AvgIpc) is 2.42. The second-order valence-electron chi connectivity index (χ2n) is 3.21. The molecule has 0 aliphatic rings. The van der Waals surface area contributed by atoms with Gasteiger partial charge in [-0.15, -0.1) is 13.2 Å². The molecule has 0 saturated carbocycles. The Morgan fingerprint density at radius 3 is 2.69 bits per heavy atom. The van der Waals surface area contributed by atoms with Crippen molar-refractivity contribution in [3.63, 3.8) is 0 Å². The van der Waals surface area contributed by atoms with Crippen LogP contribution in [0.5, 0.6) is 5.75 Å². The van der Waals surface area contributed by atoms with Crippen LogP contribution in [0.15, 0.2) is 16.5 Å². The predicted molar refractivity (Wildman–Crippen MR) is 49.8 cm³/mol. The van der Waals surface area contributed by atoms with Crippen LogP contribution in [-0.4, -0.2) is 11.3 Å². The van der Waals surface area contributed by atoms with Crippen molar-refractivity contribution >= 4 is 17.1 Å². The van der Waals surface area contributed by atoms with Gasteiger partial charge >= 0.3 is 6.36 Å². The van der Waals surface area contributed by atoms with Gasteiger partial charge in [-0.3, -0.25) is 0 Å². The van der Waals surface area contributed by atoms with Crippen molar-refractivity contribution in [2.24, 2.45) is 0 Å². The van der Waals surface area contributed by atoms with Gasteiger partial charge in [-0.05, 0) is 24.6 Å². The van der Waals surface area contributed by atoms with Crippen molar-refractivity contribution < 1.29 is 22.3 Å². The molecule has 4 nitrogen and oxygen atoms in total. The molecule has 0 radical (unpaired) electrons. The van der Waals surface area contributed by atoms with Crippen LogP contribution < -0.4 is 10.5 Å². The number of aromatic nitrogens is 1. The second kappa shape index (κ2) is 3.29. The summed E-state index contributed by atoms with van der Waals surface area (Å²) in [5, 5.41) is 0. The molecular formula is C9H7F3N2O2. The van der Waals surface area contributed by atoms with E-state index in [1.807, 2.05) is 0 Å². The maximum atomic E-state index is 12.1. The quantitative estimate of drug-likeness (QED) is 0.820. The molecule has 2 N–H and O–H groups in total. The molecule has 2 rings (SSSR count). The van der Waals surface area contributed by atoms with Crippen molar-refractivity contribution in [2.45, 2.75) is 13.3 Å². The summed E-state index contributed by atoms with van der Waals surface area (Å²) >= 11 is 0. The number of ether oxygens (including phenoxy) is 1. The Morgan fingerprint density at radius 2 is 2.06 bits per heavy atom. The Labute approximate surface area is 87.8 Å². The molecule has 0 bridgehead atoms. The lowest BCUT2D eigenvalue weighted by molar-refractivity contribution is -0.274. The zero-order valence-corrected chi connectivity index (χ0v) is 8.13. The Kier molecular flexibility index (Phi) is 2.18. The van der Waals surface area contributed by atoms with E-state index >= 15 is 0 Å². The summed E-state index contributed by atoms with van der Waals surface area (Å²) in [5.41, 5.74) is 5.95. The summed E-state index contributed by atoms with van der Waals surface area (Å²) in [6.45, 7) is 1.62. The highest BCUT2D eigenvalue weighted by molar-refractivity contribution is 5.81. The monoisotopic (exact) mass is 232 g/mol. The lowest BCUT2D eigenvalue weighted by Gasteiger charge is -2.09. The average molecular weight is 232 g/mol. The van der Waals surface area contributed by atoms with E-state index in [1.165, 1.54) is 6.07 Å². The second-order valence-corrected chi connectivity index (χ2v) is 3.21. The van der Waals surface area contributed by atoms with Crippen molar-refractivity contribution in [2.75, 3.05) is 5.73 Å². The van der Waals surface area contributed by atoms with E-state index in [2.05, 4.69) is 9.72 Å². The molecule has 2 aromatic rings. The standard InChI is InChI=1S/C9H7F3N2O2/c1-4-2-5-7(15-8(13)14-5)6(3-4)16-9(10,11)12/h2-3H,1H3,(H2,13,14). The number of nitrogens with two attached hydrogens (primary N) is 1. The molecule has 7 heteroatoms. The molecule has 86 valence electrons. The number of nitrogens with zero attached hydrogens (tertiary/aromatic N) is 1. The number of anilines is 1. The molecule has 0 aliphatic carbocycles. The third-order valence-electron chi connectivity index (χ3n) is 1.84. The van der Waals surface area contributed by atoms with Crippen molar-refractivity contribution in [3.05, 3.63) is 17.7 Å². The maximum Gasteiger partial charge on any atom is 0.573 e. The van der Waals surface area contributed by atoms with E-state index in [0.29, 0.717) is 5.56 Å². The number of aryl methyl sites for hydroxylation is 1. The summed E-state index contributed by atoms with van der Waals surface area (Å²) in [4.78, 5) is 3.73. The first-order chi connectivity index (χ1) is 7.35. The number of halogens is 3. The van der Waals surface area contributed by atoms with Crippen LogP contribution in [0.4, 0.5) is 19.2 Å². The maximum absolute atomic E-state index is 12.1. The molecule has 1 aromatic heterocycles. The van der Waals surface area contributed by atoms with Gasteiger partial charge in [0.15, 0.2) is 11.3 Å². The zero-order valence-electron chi connectivity index (χ0n) is 8.13. The van der Waals surface area contributed by atoms with Crippen LogP contribution in [0.3, 0.4) is 0 Å². The topological polar surface area (TPSA) is 61.3 Å². The molecule has 0 atom stereocenters. The van der Waals surface area contributed by atoms with E-state index < -0.39 is 12.1 Å². The highest BCUT2D eigenvalue weighted by atomic mass is 19.4. The van der Waals surface area contributed by atoms with E-state index in [9.17, 15) is 13.2 Å². The molecule has 16 heavy (non-hydrogen) atoms. The number of nitrogen functional groups attached to an aromatic ring is 1. The number of hydrogen-bond donors (Lipinski definition) is 1. The molecule has 0 amide bonds. The molecule has 0 fully saturated rings. The van der Waals surface area contributed by atoms with Gasteiger partial charge in [-0.2, -0.15) is 4.98 Å². The van der Waals surface area contributed by atoms with Gasteiger partial charge in [-0.25, -0.2) is 0 Å². The van der Waals surface area contributed by atoms with Crippen LogP contribution in [0, 0.1) is 6.92 Å². The molecule has 1 heterocycles. The number of rotatable bonds is 1. The van der Waals surface area contributed by atoms with Crippen LogP contribution >= 0.6 is 0 Å². The zero-order chi connectivity index (χ0) is 11.9. The van der Waals surface area contributed by atoms with Gasteiger partial charge < -0.3 is 14.9 Å². The van der Waals surface area contributed by atoms with Gasteiger partial charge in [0.2, 0.25) is 0 Å². The van der Waals surface area contributed by atoms with E-state index in [4.69, 9.17) is 10.2 Å². The molecule has 1 aromatic carbocycles. The Hall–Kier alpha value is -1.92. The molecule has 0 aliphatic heterocycles. The third-order valence-corrected chi connectivity index (χ3v) is 1.84. The van der Waals surface area contributed by atoms with Gasteiger partial charge in [0.25, 0.3) is 6.01 Å². The largest absolute Gasteiger partial charge is 0.573 e. The Balaban J connectivity index is 2.58. The highest BCUT2D eigenvalue weighted by Gasteiger charge is 2.32. The Bertz CT molecular complexity index is 533. The number of hydrogen-bond acceptors (Lipinski definition) is 4. The fourth-order valence-corrected chi connectivity index (χ4v) is 1.35. The van der Waals surface area contributed by atoms with Crippen LogP contribution in [0.1, 0.15) is 5.56 Å². The number of oxazole rings is 1. The first-order valence-electron chi connectivity index (χ1n) is 4.27. The van der Waals surface area contributed by atoms with Crippen LogP contribution in [-0.2, 0) is 0 Å². The normalized spacial score (nSPS) is 12.0. The molecule has 0 saturated heterocycles. The summed E-state index contributed by atoms with van der Waals surface area (Å²) in [6.07, 6.45) is -4.78. The lowest BCUT2D eigenvalue weighted by atomic mass is 10.2. The van der Waals surface area contributed by atoms with E-state index in [0.717, 1.165) is 0 Å². The molecule has 0 unspecified atom stereocenters. The van der Waals surface area contributed by atoms with Gasteiger partial charge in [-0.1, -0.05) is 0 Å². The van der Waals surface area contributed by atoms with Crippen molar-refractivity contribution in [1.82, 2.24) is 4.98 Å². The van der Waals surface area contributed by atoms with Gasteiger partial charge in [0.1, 0.15) is 5.52 Å². The van der Waals surface area contributed by atoms with E-state index in [-0.39, 0.29) is 17.1 Å². The Morgan fingerprint density at radius 1 is 1.38 bits per heavy atom. The first kappa shape index (κ1) is 10.6. The minimum absolute atomic E-state index is 0.111. The summed E-state index contributed by atoms with van der Waals surface area (Å²) in [6, 6.07) is 2.56. The van der Waals surface area contributed by atoms with E-state index in [1.54, 1.807) is 13.0 Å². The van der Waals surface area contributed by atoms with Crippen LogP contribution in [0.2, 0.25) is 0 Å². The van der Waals surface area contributed by atoms with Crippen molar-refractivity contribution in [1.29, 1.82) is 0 Å². The SMILES string of the molecule is Cc1cc(OC(F)(F)F)c2oc(N)nc2c1. The van der Waals surface area contributed by atoms with Gasteiger partial charge in [0, 0.05) is 0 Å². The van der Waals surface area contributed by atoms with Crippen LogP contribution in [0.25, 0.3) is 11.1 Å². The van der Waals surface area contributed by atoms with Gasteiger partial charge in [0.05, 0.1) is 0 Å². The number of fused-ring (bicyclic) bond motifs is 1. The smallest absolute Gasteiger partial charge is 0.420 e. The minimum Gasteiger partial charge on any atom is -0.420 e. The van der Waals surface area contributed by atoms with Crippen molar-refractivity contribution in [3.8, 4) is 5.75 Å². The highest BCUT2D eigenvalue weighted by Crippen LogP contribution is 2.32. The number of alkyl halides is 3. The third kappa shape index (κ3) is 2.02. The summed E-state index contributed by atoms with van der Waals surface area (Å²) < 4.78 is 44.9. The number of benzene rings is 1. The lowest BCUT2D eigenvalue weighted by Crippen LogP contribution is -2.17. The molecule has 0 spiro atoms. The molecular weight excluding hydrogens is 225 g/mol. The summed E-state index contributed by atoms with van der Waals surface area (Å²) in [5.74, 6) is -0.438. The fourth-order valence-electron chi connectivity index (χ4n) is 1.35. The first-order valence-corrected chi connectivity index (χ1v) is 4.27. The fraction of sp³-hybridized carbons (Fsp3) is 0.222. The minimum atomic E-state index is -4.78.